The summed E-state index contributed by atoms with van der Waals surface area (Å²) >= 11 is 0. The number of likely N-dealkylation sites (N-methyl/N-ethyl adjacent to an activating group) is 1. The summed E-state index contributed by atoms with van der Waals surface area (Å²) < 4.78 is 17.7. The van der Waals surface area contributed by atoms with E-state index in [1.54, 1.807) is 7.11 Å². The van der Waals surface area contributed by atoms with E-state index >= 15 is 0 Å². The molecular weight excluding hydrogens is 354 g/mol. The van der Waals surface area contributed by atoms with Gasteiger partial charge in [-0.15, -0.1) is 0 Å². The van der Waals surface area contributed by atoms with Crippen molar-refractivity contribution in [3.63, 3.8) is 0 Å². The molecule has 0 spiro atoms. The second kappa shape index (κ2) is 8.15. The first-order chi connectivity index (χ1) is 13.2. The van der Waals surface area contributed by atoms with Crippen LogP contribution in [0.4, 0.5) is 0 Å². The molecule has 27 heavy (non-hydrogen) atoms. The Labute approximate surface area is 165 Å². The number of hydrogen-bond acceptors (Lipinski definition) is 3. The Hall–Kier alpha value is -1.65. The predicted molar refractivity (Wildman–Crippen MR) is 111 cm³/mol. The van der Waals surface area contributed by atoms with Crippen LogP contribution in [0.3, 0.4) is 0 Å². The molecule has 0 bridgehead atoms. The zero-order valence-corrected chi connectivity index (χ0v) is 17.2. The van der Waals surface area contributed by atoms with E-state index in [1.807, 2.05) is 0 Å². The molecule has 1 aliphatic carbocycles. The van der Waals surface area contributed by atoms with Gasteiger partial charge in [0.05, 0.1) is 17.9 Å². The quantitative estimate of drug-likeness (QED) is 0.756. The third-order valence-electron chi connectivity index (χ3n) is 6.06. The zero-order chi connectivity index (χ0) is 18.8. The summed E-state index contributed by atoms with van der Waals surface area (Å²) in [7, 11) is 3.21. The number of rotatable bonds is 6. The van der Waals surface area contributed by atoms with Crippen LogP contribution in [0.5, 0.6) is 5.75 Å². The summed E-state index contributed by atoms with van der Waals surface area (Å²) in [6.45, 7) is 2.11. The van der Waals surface area contributed by atoms with Gasteiger partial charge < -0.3 is 9.64 Å². The number of nitrogens with zero attached hydrogens (tertiary/aromatic N) is 1. The van der Waals surface area contributed by atoms with E-state index in [0.717, 1.165) is 48.7 Å². The average molecular weight is 384 g/mol. The molecule has 1 unspecified atom stereocenters. The van der Waals surface area contributed by atoms with Gasteiger partial charge in [0, 0.05) is 23.7 Å². The fourth-order valence-corrected chi connectivity index (χ4v) is 5.94. The molecule has 0 saturated heterocycles. The minimum Gasteiger partial charge on any atom is -0.496 e. The molecule has 4 heteroatoms. The van der Waals surface area contributed by atoms with Gasteiger partial charge in [-0.05, 0) is 79.5 Å². The highest BCUT2D eigenvalue weighted by Gasteiger charge is 2.24. The van der Waals surface area contributed by atoms with Crippen molar-refractivity contribution in [3.8, 4) is 5.75 Å². The summed E-state index contributed by atoms with van der Waals surface area (Å²) in [6, 6.07) is 13.1. The van der Waals surface area contributed by atoms with Crippen LogP contribution >= 0.6 is 0 Å². The van der Waals surface area contributed by atoms with Crippen molar-refractivity contribution in [2.45, 2.75) is 42.9 Å². The molecule has 144 valence electrons. The third kappa shape index (κ3) is 3.97. The van der Waals surface area contributed by atoms with Gasteiger partial charge in [0.15, 0.2) is 0 Å². The smallest absolute Gasteiger partial charge is 0.122 e. The van der Waals surface area contributed by atoms with Crippen LogP contribution in [0.15, 0.2) is 41.3 Å². The fraction of sp³-hybridized carbons (Fsp3) is 0.478. The fourth-order valence-electron chi connectivity index (χ4n) is 4.57. The Bertz CT molecular complexity index is 848. The first-order valence-electron chi connectivity index (χ1n) is 10.00. The standard InChI is InChI=1S/C23H29NO2S/c1-24(13-11-17-9-10-18-12-14-27(25)23(18)15-17)16-19-5-3-7-21-20(19)6-4-8-22(21)26-2/h4,6,8-10,15,19H,3,5,7,11-14,16H2,1-2H3/t19-,27?/m0/s1. The molecule has 2 atom stereocenters. The van der Waals surface area contributed by atoms with Crippen LogP contribution in [-0.2, 0) is 30.1 Å². The number of aryl methyl sites for hydroxylation is 1. The molecule has 4 rings (SSSR count). The summed E-state index contributed by atoms with van der Waals surface area (Å²) in [4.78, 5) is 3.52. The molecule has 0 radical (unpaired) electrons. The number of methoxy groups -OCH3 is 1. The SMILES string of the molecule is COc1cccc2c1CCC[C@H]2CN(C)CCc1ccc2c(c1)S(=O)CC2. The second-order valence-corrected chi connectivity index (χ2v) is 9.41. The molecule has 0 N–H and O–H groups in total. The van der Waals surface area contributed by atoms with Crippen molar-refractivity contribution in [2.24, 2.45) is 0 Å². The number of benzene rings is 2. The summed E-state index contributed by atoms with van der Waals surface area (Å²) in [5, 5.41) is 0. The lowest BCUT2D eigenvalue weighted by Gasteiger charge is -2.30. The van der Waals surface area contributed by atoms with Crippen molar-refractivity contribution in [1.29, 1.82) is 0 Å². The molecule has 3 nitrogen and oxygen atoms in total. The highest BCUT2D eigenvalue weighted by molar-refractivity contribution is 7.85. The minimum absolute atomic E-state index is 0.585. The minimum atomic E-state index is -0.782. The first-order valence-corrected chi connectivity index (χ1v) is 11.3. The van der Waals surface area contributed by atoms with Gasteiger partial charge in [0.1, 0.15) is 5.75 Å². The lowest BCUT2D eigenvalue weighted by atomic mass is 9.82. The van der Waals surface area contributed by atoms with Gasteiger partial charge in [-0.3, -0.25) is 4.21 Å². The summed E-state index contributed by atoms with van der Waals surface area (Å²) in [5.74, 6) is 2.43. The van der Waals surface area contributed by atoms with Gasteiger partial charge in [-0.1, -0.05) is 24.3 Å². The molecular formula is C23H29NO2S. The number of ether oxygens (including phenoxy) is 1. The Morgan fingerprint density at radius 1 is 1.22 bits per heavy atom. The molecule has 0 amide bonds. The van der Waals surface area contributed by atoms with Crippen molar-refractivity contribution in [1.82, 2.24) is 4.90 Å². The van der Waals surface area contributed by atoms with E-state index in [1.165, 1.54) is 35.1 Å². The monoisotopic (exact) mass is 383 g/mol. The lowest BCUT2D eigenvalue weighted by molar-refractivity contribution is 0.299. The molecule has 2 aliphatic rings. The van der Waals surface area contributed by atoms with Crippen LogP contribution in [0.2, 0.25) is 0 Å². The van der Waals surface area contributed by atoms with Crippen molar-refractivity contribution < 1.29 is 8.95 Å². The third-order valence-corrected chi connectivity index (χ3v) is 7.50. The summed E-state index contributed by atoms with van der Waals surface area (Å²) in [6.07, 6.45) is 5.60. The van der Waals surface area contributed by atoms with E-state index in [9.17, 15) is 4.21 Å². The topological polar surface area (TPSA) is 29.5 Å². The lowest BCUT2D eigenvalue weighted by Crippen LogP contribution is -2.28. The number of fused-ring (bicyclic) bond motifs is 2. The number of hydrogen-bond donors (Lipinski definition) is 0. The predicted octanol–water partition coefficient (Wildman–Crippen LogP) is 3.95. The Balaban J connectivity index is 1.39. The van der Waals surface area contributed by atoms with Crippen molar-refractivity contribution in [3.05, 3.63) is 58.7 Å². The normalized spacial score (nSPS) is 21.1. The molecule has 2 aromatic carbocycles. The van der Waals surface area contributed by atoms with Crippen molar-refractivity contribution >= 4 is 10.8 Å². The van der Waals surface area contributed by atoms with E-state index in [2.05, 4.69) is 48.3 Å². The highest BCUT2D eigenvalue weighted by Crippen LogP contribution is 2.37. The van der Waals surface area contributed by atoms with E-state index in [-0.39, 0.29) is 0 Å². The van der Waals surface area contributed by atoms with Crippen LogP contribution in [0.1, 0.15) is 41.0 Å². The first kappa shape index (κ1) is 18.7. The molecule has 0 saturated carbocycles. The maximum atomic E-state index is 12.1. The molecule has 0 aromatic heterocycles. The maximum absolute atomic E-state index is 12.1. The largest absolute Gasteiger partial charge is 0.496 e. The Morgan fingerprint density at radius 3 is 2.96 bits per heavy atom. The van der Waals surface area contributed by atoms with Crippen LogP contribution < -0.4 is 4.74 Å². The maximum Gasteiger partial charge on any atom is 0.122 e. The van der Waals surface area contributed by atoms with Gasteiger partial charge in [-0.25, -0.2) is 0 Å². The van der Waals surface area contributed by atoms with Gasteiger partial charge in [0.25, 0.3) is 0 Å². The van der Waals surface area contributed by atoms with Gasteiger partial charge in [0.2, 0.25) is 0 Å². The van der Waals surface area contributed by atoms with Gasteiger partial charge >= 0.3 is 0 Å². The second-order valence-electron chi connectivity index (χ2n) is 7.87. The summed E-state index contributed by atoms with van der Waals surface area (Å²) in [5.41, 5.74) is 5.46. The van der Waals surface area contributed by atoms with E-state index < -0.39 is 10.8 Å². The Morgan fingerprint density at radius 2 is 2.11 bits per heavy atom. The van der Waals surface area contributed by atoms with Gasteiger partial charge in [-0.2, -0.15) is 0 Å². The average Bonchev–Trinajstić information content (AvgIpc) is 3.06. The molecule has 1 heterocycles. The molecule has 0 fully saturated rings. The Kier molecular flexibility index (Phi) is 5.65. The highest BCUT2D eigenvalue weighted by atomic mass is 32.2. The zero-order valence-electron chi connectivity index (χ0n) is 16.4. The van der Waals surface area contributed by atoms with E-state index in [4.69, 9.17) is 4.74 Å². The van der Waals surface area contributed by atoms with E-state index in [0.29, 0.717) is 5.92 Å². The van der Waals surface area contributed by atoms with Crippen LogP contribution in [-0.4, -0.2) is 42.1 Å². The molecule has 2 aromatic rings. The molecule has 1 aliphatic heterocycles. The van der Waals surface area contributed by atoms with Crippen molar-refractivity contribution in [2.75, 3.05) is 33.0 Å². The van der Waals surface area contributed by atoms with Crippen LogP contribution in [0, 0.1) is 0 Å². The van der Waals surface area contributed by atoms with Crippen LogP contribution in [0.25, 0.3) is 0 Å².